The molecule has 19 heavy (non-hydrogen) atoms. The lowest BCUT2D eigenvalue weighted by Crippen LogP contribution is -2.03. The maximum atomic E-state index is 5.35. The number of benzene rings is 1. The third-order valence-electron chi connectivity index (χ3n) is 3.37. The van der Waals surface area contributed by atoms with Crippen LogP contribution in [0.25, 0.3) is 10.9 Å². The first kappa shape index (κ1) is 11.8. The molecule has 0 aliphatic carbocycles. The van der Waals surface area contributed by atoms with Crippen LogP contribution in [0.2, 0.25) is 0 Å². The highest BCUT2D eigenvalue weighted by Crippen LogP contribution is 2.25. The second-order valence-corrected chi connectivity index (χ2v) is 4.63. The van der Waals surface area contributed by atoms with E-state index in [2.05, 4.69) is 36.2 Å². The lowest BCUT2D eigenvalue weighted by Gasteiger charge is -2.06. The van der Waals surface area contributed by atoms with Crippen LogP contribution in [-0.4, -0.2) is 16.8 Å². The van der Waals surface area contributed by atoms with E-state index in [1.165, 1.54) is 16.5 Å². The molecule has 3 nitrogen and oxygen atoms in total. The number of aromatic nitrogens is 2. The van der Waals surface area contributed by atoms with E-state index in [9.17, 15) is 0 Å². The molecule has 0 fully saturated rings. The van der Waals surface area contributed by atoms with Gasteiger partial charge in [0.15, 0.2) is 0 Å². The standard InChI is InChI=1S/C16H16N2O/c1-12-11-18(19-2)15-8-5-6-13(16(12)15)10-14-7-3-4-9-17-14/h3-9,11H,10H2,1-2H3. The average molecular weight is 252 g/mol. The van der Waals surface area contributed by atoms with Crippen LogP contribution in [0.3, 0.4) is 0 Å². The fourth-order valence-corrected chi connectivity index (χ4v) is 2.53. The number of hydrogen-bond acceptors (Lipinski definition) is 2. The number of fused-ring (bicyclic) bond motifs is 1. The number of aryl methyl sites for hydroxylation is 1. The van der Waals surface area contributed by atoms with Crippen LogP contribution in [0.5, 0.6) is 0 Å². The van der Waals surface area contributed by atoms with Crippen LogP contribution in [0, 0.1) is 6.92 Å². The van der Waals surface area contributed by atoms with Crippen LogP contribution in [0.1, 0.15) is 16.8 Å². The van der Waals surface area contributed by atoms with E-state index in [0.29, 0.717) is 0 Å². The molecule has 3 aromatic rings. The molecule has 2 heterocycles. The van der Waals surface area contributed by atoms with E-state index in [4.69, 9.17) is 4.84 Å². The summed E-state index contributed by atoms with van der Waals surface area (Å²) in [4.78, 5) is 9.75. The van der Waals surface area contributed by atoms with Gasteiger partial charge in [-0.25, -0.2) is 0 Å². The summed E-state index contributed by atoms with van der Waals surface area (Å²) in [5, 5.41) is 1.26. The van der Waals surface area contributed by atoms with Gasteiger partial charge in [-0.3, -0.25) is 4.98 Å². The van der Waals surface area contributed by atoms with E-state index in [0.717, 1.165) is 17.6 Å². The van der Waals surface area contributed by atoms with Crippen LogP contribution in [0.4, 0.5) is 0 Å². The Morgan fingerprint density at radius 1 is 1.16 bits per heavy atom. The third kappa shape index (κ3) is 2.08. The summed E-state index contributed by atoms with van der Waals surface area (Å²) in [6.07, 6.45) is 4.70. The minimum Gasteiger partial charge on any atom is -0.417 e. The highest BCUT2D eigenvalue weighted by molar-refractivity contribution is 5.87. The molecule has 3 rings (SSSR count). The van der Waals surface area contributed by atoms with Gasteiger partial charge in [0.25, 0.3) is 0 Å². The number of hydrogen-bond donors (Lipinski definition) is 0. The molecule has 0 aliphatic heterocycles. The largest absolute Gasteiger partial charge is 0.417 e. The Balaban J connectivity index is 2.11. The van der Waals surface area contributed by atoms with Crippen molar-refractivity contribution < 1.29 is 4.84 Å². The summed E-state index contributed by atoms with van der Waals surface area (Å²) in [5.41, 5.74) is 4.70. The van der Waals surface area contributed by atoms with E-state index < -0.39 is 0 Å². The fraction of sp³-hybridized carbons (Fsp3) is 0.188. The average Bonchev–Trinajstić information content (AvgIpc) is 2.78. The van der Waals surface area contributed by atoms with Crippen molar-refractivity contribution in [1.29, 1.82) is 0 Å². The monoisotopic (exact) mass is 252 g/mol. The molecule has 0 radical (unpaired) electrons. The summed E-state index contributed by atoms with van der Waals surface area (Å²) in [5.74, 6) is 0. The van der Waals surface area contributed by atoms with Crippen LogP contribution < -0.4 is 4.84 Å². The summed E-state index contributed by atoms with van der Waals surface area (Å²) in [6.45, 7) is 2.11. The zero-order valence-corrected chi connectivity index (χ0v) is 11.1. The molecule has 1 aromatic carbocycles. The molecule has 0 saturated heterocycles. The maximum absolute atomic E-state index is 5.35. The van der Waals surface area contributed by atoms with Gasteiger partial charge in [0.2, 0.25) is 0 Å². The van der Waals surface area contributed by atoms with Crippen molar-refractivity contribution in [2.24, 2.45) is 0 Å². The first-order chi connectivity index (χ1) is 9.29. The quantitative estimate of drug-likeness (QED) is 0.716. The summed E-state index contributed by atoms with van der Waals surface area (Å²) >= 11 is 0. The Morgan fingerprint density at radius 2 is 2.05 bits per heavy atom. The molecule has 0 amide bonds. The van der Waals surface area contributed by atoms with Crippen LogP contribution >= 0.6 is 0 Å². The maximum Gasteiger partial charge on any atom is 0.104 e. The van der Waals surface area contributed by atoms with Crippen molar-refractivity contribution in [1.82, 2.24) is 9.71 Å². The zero-order valence-electron chi connectivity index (χ0n) is 11.1. The van der Waals surface area contributed by atoms with Crippen molar-refractivity contribution in [3.63, 3.8) is 0 Å². The van der Waals surface area contributed by atoms with Gasteiger partial charge in [0.1, 0.15) is 7.11 Å². The molecule has 0 unspecified atom stereocenters. The van der Waals surface area contributed by atoms with Gasteiger partial charge >= 0.3 is 0 Å². The Labute approximate surface area is 112 Å². The Hall–Kier alpha value is -2.29. The fourth-order valence-electron chi connectivity index (χ4n) is 2.53. The number of nitrogens with zero attached hydrogens (tertiary/aromatic N) is 2. The summed E-state index contributed by atoms with van der Waals surface area (Å²) < 4.78 is 1.81. The van der Waals surface area contributed by atoms with E-state index in [1.807, 2.05) is 29.3 Å². The number of pyridine rings is 1. The molecule has 0 saturated carbocycles. The van der Waals surface area contributed by atoms with Gasteiger partial charge in [-0.05, 0) is 36.2 Å². The topological polar surface area (TPSA) is 27.1 Å². The predicted molar refractivity (Wildman–Crippen MR) is 76.2 cm³/mol. The predicted octanol–water partition coefficient (Wildman–Crippen LogP) is 2.99. The molecule has 0 atom stereocenters. The molecule has 0 aliphatic rings. The van der Waals surface area contributed by atoms with Crippen molar-refractivity contribution in [3.8, 4) is 0 Å². The van der Waals surface area contributed by atoms with E-state index in [-0.39, 0.29) is 0 Å². The van der Waals surface area contributed by atoms with Crippen molar-refractivity contribution >= 4 is 10.9 Å². The summed E-state index contributed by atoms with van der Waals surface area (Å²) in [7, 11) is 1.68. The second kappa shape index (κ2) is 4.76. The van der Waals surface area contributed by atoms with Gasteiger partial charge in [-0.2, -0.15) is 4.73 Å². The first-order valence-electron chi connectivity index (χ1n) is 6.33. The summed E-state index contributed by atoms with van der Waals surface area (Å²) in [6, 6.07) is 12.3. The lowest BCUT2D eigenvalue weighted by atomic mass is 10.0. The van der Waals surface area contributed by atoms with Crippen LogP contribution in [0.15, 0.2) is 48.8 Å². The second-order valence-electron chi connectivity index (χ2n) is 4.63. The van der Waals surface area contributed by atoms with Gasteiger partial charge < -0.3 is 4.84 Å². The lowest BCUT2D eigenvalue weighted by molar-refractivity contribution is 0.179. The smallest absolute Gasteiger partial charge is 0.104 e. The Bertz CT molecular complexity index is 701. The van der Waals surface area contributed by atoms with Crippen molar-refractivity contribution in [2.45, 2.75) is 13.3 Å². The molecular formula is C16H16N2O. The Kier molecular flexibility index (Phi) is 2.95. The van der Waals surface area contributed by atoms with E-state index >= 15 is 0 Å². The Morgan fingerprint density at radius 3 is 2.79 bits per heavy atom. The first-order valence-corrected chi connectivity index (χ1v) is 6.33. The zero-order chi connectivity index (χ0) is 13.2. The van der Waals surface area contributed by atoms with E-state index in [1.54, 1.807) is 7.11 Å². The third-order valence-corrected chi connectivity index (χ3v) is 3.37. The molecule has 0 bridgehead atoms. The SMILES string of the molecule is COn1cc(C)c2c(Cc3ccccn3)cccc21. The molecule has 0 N–H and O–H groups in total. The minimum absolute atomic E-state index is 0.840. The van der Waals surface area contributed by atoms with Gasteiger partial charge in [-0.1, -0.05) is 18.2 Å². The van der Waals surface area contributed by atoms with Gasteiger partial charge in [-0.15, -0.1) is 0 Å². The molecular weight excluding hydrogens is 236 g/mol. The molecule has 3 heteroatoms. The molecule has 96 valence electrons. The molecule has 0 spiro atoms. The highest BCUT2D eigenvalue weighted by Gasteiger charge is 2.10. The number of rotatable bonds is 3. The minimum atomic E-state index is 0.840. The van der Waals surface area contributed by atoms with Gasteiger partial charge in [0.05, 0.1) is 5.52 Å². The highest BCUT2D eigenvalue weighted by atomic mass is 16.6. The van der Waals surface area contributed by atoms with Crippen molar-refractivity contribution in [2.75, 3.05) is 7.11 Å². The molecule has 2 aromatic heterocycles. The van der Waals surface area contributed by atoms with Gasteiger partial charge in [0, 0.05) is 29.9 Å². The van der Waals surface area contributed by atoms with Crippen molar-refractivity contribution in [3.05, 3.63) is 65.6 Å². The normalized spacial score (nSPS) is 10.8. The van der Waals surface area contributed by atoms with Crippen LogP contribution in [-0.2, 0) is 6.42 Å².